The van der Waals surface area contributed by atoms with E-state index in [1.807, 2.05) is 0 Å². The van der Waals surface area contributed by atoms with Crippen LogP contribution in [0.5, 0.6) is 0 Å². The minimum Gasteiger partial charge on any atom is -0.278 e. The molecule has 80 valence electrons. The van der Waals surface area contributed by atoms with Gasteiger partial charge in [-0.25, -0.2) is 0 Å². The largest absolute Gasteiger partial charge is 0.278 e. The molecule has 0 aliphatic heterocycles. The smallest absolute Gasteiger partial charge is 0.140 e. The topological polar surface area (TPSA) is 24.1 Å². The van der Waals surface area contributed by atoms with Gasteiger partial charge in [0.05, 0.1) is 0 Å². The van der Waals surface area contributed by atoms with E-state index in [1.165, 1.54) is 0 Å². The van der Waals surface area contributed by atoms with Gasteiger partial charge in [0.15, 0.2) is 0 Å². The van der Waals surface area contributed by atoms with Crippen LogP contribution in [0.15, 0.2) is 0 Å². The molecule has 0 aromatic heterocycles. The van der Waals surface area contributed by atoms with Crippen molar-refractivity contribution in [3.05, 3.63) is 0 Å². The molecule has 0 aromatic rings. The lowest BCUT2D eigenvalue weighted by molar-refractivity contribution is 0.398. The summed E-state index contributed by atoms with van der Waals surface area (Å²) in [6, 6.07) is 0. The van der Waals surface area contributed by atoms with E-state index < -0.39 is 8.24 Å². The van der Waals surface area contributed by atoms with E-state index in [-0.39, 0.29) is 5.54 Å². The average Bonchev–Trinajstić information content (AvgIpc) is 1.79. The first-order chi connectivity index (χ1) is 5.46. The number of hydrazine groups is 1. The third kappa shape index (κ3) is 4.79. The Kier molecular flexibility index (Phi) is 3.75. The molecule has 3 heteroatoms. The van der Waals surface area contributed by atoms with Crippen LogP contribution in [-0.4, -0.2) is 13.8 Å². The predicted molar refractivity (Wildman–Crippen MR) is 63.2 cm³/mol. The van der Waals surface area contributed by atoms with Gasteiger partial charge in [-0.2, -0.15) is 0 Å². The van der Waals surface area contributed by atoms with Gasteiger partial charge < -0.3 is 0 Å². The first-order valence-corrected chi connectivity index (χ1v) is 8.00. The molecule has 0 aliphatic rings. The summed E-state index contributed by atoms with van der Waals surface area (Å²) in [6.45, 7) is 18.1. The van der Waals surface area contributed by atoms with Crippen molar-refractivity contribution in [3.63, 3.8) is 0 Å². The van der Waals surface area contributed by atoms with Crippen molar-refractivity contribution < 1.29 is 0 Å². The van der Waals surface area contributed by atoms with Crippen molar-refractivity contribution in [2.24, 2.45) is 0 Å². The zero-order chi connectivity index (χ0) is 10.9. The maximum absolute atomic E-state index is 3.53. The lowest BCUT2D eigenvalue weighted by atomic mass is 10.1. The van der Waals surface area contributed by atoms with Gasteiger partial charge in [0.1, 0.15) is 8.24 Å². The van der Waals surface area contributed by atoms with E-state index in [0.29, 0.717) is 5.04 Å². The van der Waals surface area contributed by atoms with Crippen LogP contribution in [0.3, 0.4) is 0 Å². The van der Waals surface area contributed by atoms with Gasteiger partial charge in [0.25, 0.3) is 0 Å². The molecular formula is C10H26N2Si. The molecule has 2 nitrogen and oxygen atoms in total. The van der Waals surface area contributed by atoms with Crippen LogP contribution >= 0.6 is 0 Å². The third-order valence-electron chi connectivity index (χ3n) is 2.62. The van der Waals surface area contributed by atoms with Crippen LogP contribution in [0.4, 0.5) is 0 Å². The summed E-state index contributed by atoms with van der Waals surface area (Å²) in [4.78, 5) is 0. The summed E-state index contributed by atoms with van der Waals surface area (Å²) in [5.74, 6) is 0. The number of hydrogen-bond acceptors (Lipinski definition) is 2. The molecule has 0 fully saturated rings. The average molecular weight is 202 g/mol. The van der Waals surface area contributed by atoms with E-state index in [9.17, 15) is 0 Å². The fourth-order valence-corrected chi connectivity index (χ4v) is 1.59. The fourth-order valence-electron chi connectivity index (χ4n) is 0.531. The van der Waals surface area contributed by atoms with Gasteiger partial charge in [0.2, 0.25) is 0 Å². The highest BCUT2D eigenvalue weighted by Crippen LogP contribution is 2.33. The van der Waals surface area contributed by atoms with Crippen molar-refractivity contribution >= 4 is 8.24 Å². The Bertz CT molecular complexity index is 163. The van der Waals surface area contributed by atoms with Crippen molar-refractivity contribution in [2.75, 3.05) is 0 Å². The van der Waals surface area contributed by atoms with Crippen LogP contribution in [0.2, 0.25) is 18.1 Å². The zero-order valence-electron chi connectivity index (χ0n) is 10.5. The van der Waals surface area contributed by atoms with Gasteiger partial charge in [0, 0.05) is 5.54 Å². The molecular weight excluding hydrogens is 176 g/mol. The molecule has 0 heterocycles. The minimum absolute atomic E-state index is 0.148. The molecule has 0 saturated carbocycles. The Morgan fingerprint density at radius 1 is 0.846 bits per heavy atom. The quantitative estimate of drug-likeness (QED) is 0.531. The summed E-state index contributed by atoms with van der Waals surface area (Å²) in [5.41, 5.74) is 3.53. The molecule has 0 atom stereocenters. The van der Waals surface area contributed by atoms with Crippen LogP contribution in [0, 0.1) is 0 Å². The van der Waals surface area contributed by atoms with Crippen molar-refractivity contribution in [1.29, 1.82) is 0 Å². The summed E-state index contributed by atoms with van der Waals surface area (Å²) in [6.07, 6.45) is 0. The summed E-state index contributed by atoms with van der Waals surface area (Å²) >= 11 is 0. The highest BCUT2D eigenvalue weighted by atomic mass is 28.3. The molecule has 13 heavy (non-hydrogen) atoms. The Morgan fingerprint density at radius 3 is 1.46 bits per heavy atom. The molecule has 0 rings (SSSR count). The normalized spacial score (nSPS) is 14.8. The van der Waals surface area contributed by atoms with Crippen molar-refractivity contribution in [3.8, 4) is 0 Å². The fraction of sp³-hybridized carbons (Fsp3) is 1.00. The molecule has 0 unspecified atom stereocenters. The van der Waals surface area contributed by atoms with Gasteiger partial charge in [-0.3, -0.25) is 10.5 Å². The maximum atomic E-state index is 3.53. The van der Waals surface area contributed by atoms with Gasteiger partial charge in [-0.05, 0) is 25.8 Å². The number of rotatable bonds is 2. The van der Waals surface area contributed by atoms with Crippen LogP contribution in [-0.2, 0) is 0 Å². The highest BCUT2D eigenvalue weighted by Gasteiger charge is 2.35. The molecule has 0 spiro atoms. The molecule has 0 saturated heterocycles. The van der Waals surface area contributed by atoms with E-state index in [0.717, 1.165) is 0 Å². The Labute approximate surface area is 84.6 Å². The summed E-state index contributed by atoms with van der Waals surface area (Å²) in [7, 11) is -1.38. The van der Waals surface area contributed by atoms with E-state index in [1.54, 1.807) is 0 Å². The van der Waals surface area contributed by atoms with E-state index in [2.05, 4.69) is 65.2 Å². The lowest BCUT2D eigenvalue weighted by Gasteiger charge is -2.39. The van der Waals surface area contributed by atoms with Crippen LogP contribution in [0.1, 0.15) is 41.5 Å². The van der Waals surface area contributed by atoms with E-state index in [4.69, 9.17) is 0 Å². The standard InChI is InChI=1S/C10H26N2Si/c1-9(2,3)11-12-13(7,8)10(4,5)6/h11-12H,1-8H3. The Morgan fingerprint density at radius 2 is 1.23 bits per heavy atom. The second-order valence-electron chi connectivity index (χ2n) is 6.38. The SMILES string of the molecule is CC(C)(C)NN[Si](C)(C)C(C)(C)C. The lowest BCUT2D eigenvalue weighted by Crippen LogP contribution is -2.62. The second kappa shape index (κ2) is 3.71. The predicted octanol–water partition coefficient (Wildman–Crippen LogP) is 2.88. The number of nitrogens with one attached hydrogen (secondary N) is 2. The molecule has 0 aliphatic carbocycles. The monoisotopic (exact) mass is 202 g/mol. The molecule has 0 bridgehead atoms. The highest BCUT2D eigenvalue weighted by molar-refractivity contribution is 6.77. The summed E-state index contributed by atoms with van der Waals surface area (Å²) < 4.78 is 0. The van der Waals surface area contributed by atoms with Gasteiger partial charge >= 0.3 is 0 Å². The van der Waals surface area contributed by atoms with Gasteiger partial charge in [-0.1, -0.05) is 33.9 Å². The van der Waals surface area contributed by atoms with Crippen LogP contribution in [0.25, 0.3) is 0 Å². The third-order valence-corrected chi connectivity index (χ3v) is 7.12. The van der Waals surface area contributed by atoms with Crippen molar-refractivity contribution in [1.82, 2.24) is 10.5 Å². The Balaban J connectivity index is 4.21. The Hall–Kier alpha value is 0.137. The van der Waals surface area contributed by atoms with Crippen molar-refractivity contribution in [2.45, 2.75) is 65.2 Å². The molecule has 0 radical (unpaired) electrons. The zero-order valence-corrected chi connectivity index (χ0v) is 11.5. The second-order valence-corrected chi connectivity index (χ2v) is 11.4. The summed E-state index contributed by atoms with van der Waals surface area (Å²) in [5, 5.41) is 3.91. The number of hydrogen-bond donors (Lipinski definition) is 2. The van der Waals surface area contributed by atoms with Gasteiger partial charge in [-0.15, -0.1) is 0 Å². The minimum atomic E-state index is -1.38. The first kappa shape index (κ1) is 13.1. The van der Waals surface area contributed by atoms with Crippen LogP contribution < -0.4 is 10.5 Å². The molecule has 2 N–H and O–H groups in total. The maximum Gasteiger partial charge on any atom is 0.140 e. The molecule has 0 amide bonds. The molecule has 0 aromatic carbocycles. The van der Waals surface area contributed by atoms with E-state index >= 15 is 0 Å². The first-order valence-electron chi connectivity index (χ1n) is 5.00.